The lowest BCUT2D eigenvalue weighted by Gasteiger charge is -2.32. The van der Waals surface area contributed by atoms with E-state index < -0.39 is 0 Å². The van der Waals surface area contributed by atoms with Crippen LogP contribution in [0.4, 0.5) is 11.5 Å². The summed E-state index contributed by atoms with van der Waals surface area (Å²) < 4.78 is 23.6. The molecule has 2 fully saturated rings. The highest BCUT2D eigenvalue weighted by Gasteiger charge is 2.24. The Kier molecular flexibility index (Phi) is 19.2. The minimum atomic E-state index is -0.304. The maximum atomic E-state index is 13.4. The Balaban J connectivity index is 1.04. The molecular formula is C47H68N6O7. The van der Waals surface area contributed by atoms with Gasteiger partial charge < -0.3 is 39.0 Å². The first kappa shape index (κ1) is 46.6. The quantitative estimate of drug-likeness (QED) is 0.0688. The van der Waals surface area contributed by atoms with Crippen molar-refractivity contribution >= 4 is 29.0 Å². The molecule has 0 aliphatic carbocycles. The fraction of sp³-hybridized carbons (Fsp3) is 0.596. The lowest BCUT2D eigenvalue weighted by atomic mass is 10.00. The number of amides is 1. The first-order valence-electron chi connectivity index (χ1n) is 22.2. The summed E-state index contributed by atoms with van der Waals surface area (Å²) in [6.07, 6.45) is 7.82. The fourth-order valence-corrected chi connectivity index (χ4v) is 7.73. The van der Waals surface area contributed by atoms with Crippen LogP contribution in [0.2, 0.25) is 0 Å². The first-order valence-corrected chi connectivity index (χ1v) is 22.2. The zero-order valence-electron chi connectivity index (χ0n) is 36.7. The van der Waals surface area contributed by atoms with Crippen molar-refractivity contribution in [3.05, 3.63) is 76.7 Å². The van der Waals surface area contributed by atoms with Gasteiger partial charge in [0.25, 0.3) is 5.91 Å². The minimum Gasteiger partial charge on any atom is -0.490 e. The lowest BCUT2D eigenvalue weighted by molar-refractivity contribution is 0.0290. The second-order valence-electron chi connectivity index (χ2n) is 15.8. The summed E-state index contributed by atoms with van der Waals surface area (Å²) in [5.74, 6) is 1.72. The summed E-state index contributed by atoms with van der Waals surface area (Å²) in [6, 6.07) is 14.8. The second-order valence-corrected chi connectivity index (χ2v) is 15.8. The highest BCUT2D eigenvalue weighted by atomic mass is 16.5. The standard InChI is InChI=1S/C47H68N6O7/c1-6-8-9-10-22-52(7-2)45-34-42(35(3)48-47(56)38-16-18-39(19-17-38)53-26-30-58-31-27-53)49-44(50-45)15-12-28-57-32-33-59-29-25-51-23-20-40(21-24-51)60-43-14-11-13-41(36(4)54)46(43)37(5)55/h11,13-14,16-19,34-35,40H,6-10,12,15,20-33H2,1-5H3,(H,48,56). The Labute approximate surface area is 357 Å². The number of Topliss-reactive ketones (excluding diaryl/α,β-unsaturated/α-hetero) is 2. The van der Waals surface area contributed by atoms with E-state index in [-0.39, 0.29) is 29.6 Å². The minimum absolute atomic E-state index is 0.00418. The van der Waals surface area contributed by atoms with E-state index in [0.717, 1.165) is 94.5 Å². The van der Waals surface area contributed by atoms with Crippen LogP contribution < -0.4 is 19.9 Å². The van der Waals surface area contributed by atoms with Gasteiger partial charge in [-0.15, -0.1) is 0 Å². The largest absolute Gasteiger partial charge is 0.490 e. The number of aryl methyl sites for hydroxylation is 1. The summed E-state index contributed by atoms with van der Waals surface area (Å²) in [6.45, 7) is 19.0. The maximum absolute atomic E-state index is 13.4. The number of rotatable bonds is 25. The van der Waals surface area contributed by atoms with Gasteiger partial charge >= 0.3 is 0 Å². The third-order valence-electron chi connectivity index (χ3n) is 11.3. The van der Waals surface area contributed by atoms with Crippen molar-refractivity contribution < 1.29 is 33.3 Å². The monoisotopic (exact) mass is 829 g/mol. The Morgan fingerprint density at radius 2 is 1.60 bits per heavy atom. The van der Waals surface area contributed by atoms with Crippen molar-refractivity contribution in [2.45, 2.75) is 98.1 Å². The van der Waals surface area contributed by atoms with Gasteiger partial charge in [0, 0.05) is 81.7 Å². The van der Waals surface area contributed by atoms with E-state index in [0.29, 0.717) is 68.5 Å². The van der Waals surface area contributed by atoms with Gasteiger partial charge in [-0.1, -0.05) is 38.3 Å². The Morgan fingerprint density at radius 3 is 2.28 bits per heavy atom. The SMILES string of the molecule is CCCCCCN(CC)c1cc(C(C)NC(=O)c2ccc(N3CCOCC3)cc2)nc(CCCOCCOCCN2CCC(Oc3cccc(C(C)=O)c3C(C)=O)CC2)n1. The van der Waals surface area contributed by atoms with Gasteiger partial charge in [-0.3, -0.25) is 14.4 Å². The molecule has 0 saturated carbocycles. The summed E-state index contributed by atoms with van der Waals surface area (Å²) in [7, 11) is 0. The molecule has 0 spiro atoms. The van der Waals surface area contributed by atoms with Crippen LogP contribution in [-0.4, -0.2) is 124 Å². The summed E-state index contributed by atoms with van der Waals surface area (Å²) in [5.41, 5.74) is 3.30. The number of aromatic nitrogens is 2. The number of carbonyl (C=O) groups excluding carboxylic acids is 3. The molecule has 3 heterocycles. The highest BCUT2D eigenvalue weighted by Crippen LogP contribution is 2.27. The zero-order valence-corrected chi connectivity index (χ0v) is 36.7. The number of anilines is 2. The molecule has 60 heavy (non-hydrogen) atoms. The smallest absolute Gasteiger partial charge is 0.251 e. The molecule has 1 unspecified atom stereocenters. The third-order valence-corrected chi connectivity index (χ3v) is 11.3. The van der Waals surface area contributed by atoms with Crippen molar-refractivity contribution in [3.63, 3.8) is 0 Å². The van der Waals surface area contributed by atoms with Crippen LogP contribution in [0, 0.1) is 0 Å². The molecule has 2 aliphatic heterocycles. The molecule has 2 saturated heterocycles. The molecule has 0 bridgehead atoms. The van der Waals surface area contributed by atoms with E-state index in [1.807, 2.05) is 37.3 Å². The predicted molar refractivity (Wildman–Crippen MR) is 236 cm³/mol. The Bertz CT molecular complexity index is 1790. The van der Waals surface area contributed by atoms with Crippen LogP contribution in [0.15, 0.2) is 48.5 Å². The Morgan fingerprint density at radius 1 is 0.867 bits per heavy atom. The molecule has 2 aromatic carbocycles. The number of benzene rings is 2. The van der Waals surface area contributed by atoms with Crippen molar-refractivity contribution in [1.29, 1.82) is 0 Å². The number of piperidine rings is 1. The summed E-state index contributed by atoms with van der Waals surface area (Å²) in [5, 5.41) is 3.18. The molecule has 0 radical (unpaired) electrons. The molecule has 5 rings (SSSR count). The van der Waals surface area contributed by atoms with Crippen LogP contribution in [0.3, 0.4) is 0 Å². The van der Waals surface area contributed by atoms with Crippen LogP contribution in [0.25, 0.3) is 0 Å². The third kappa shape index (κ3) is 14.4. The second kappa shape index (κ2) is 24.7. The van der Waals surface area contributed by atoms with E-state index >= 15 is 0 Å². The van der Waals surface area contributed by atoms with Crippen LogP contribution >= 0.6 is 0 Å². The molecule has 2 aliphatic rings. The number of hydrogen-bond donors (Lipinski definition) is 1. The lowest BCUT2D eigenvalue weighted by Crippen LogP contribution is -2.40. The van der Waals surface area contributed by atoms with E-state index in [2.05, 4.69) is 33.9 Å². The van der Waals surface area contributed by atoms with Gasteiger partial charge in [-0.25, -0.2) is 9.97 Å². The highest BCUT2D eigenvalue weighted by molar-refractivity contribution is 6.09. The molecule has 3 aromatic rings. The number of nitrogens with zero attached hydrogens (tertiary/aromatic N) is 5. The topological polar surface area (TPSA) is 136 Å². The van der Waals surface area contributed by atoms with E-state index in [1.165, 1.54) is 33.1 Å². The van der Waals surface area contributed by atoms with Gasteiger partial charge in [0.05, 0.1) is 50.3 Å². The van der Waals surface area contributed by atoms with E-state index in [9.17, 15) is 14.4 Å². The van der Waals surface area contributed by atoms with Gasteiger partial charge in [0.1, 0.15) is 23.5 Å². The maximum Gasteiger partial charge on any atom is 0.251 e. The molecule has 1 amide bonds. The molecule has 328 valence electrons. The van der Waals surface area contributed by atoms with Crippen LogP contribution in [0.5, 0.6) is 5.75 Å². The number of morpholine rings is 1. The Hall–Kier alpha value is -4.43. The zero-order chi connectivity index (χ0) is 42.7. The van der Waals surface area contributed by atoms with Crippen molar-refractivity contribution in [1.82, 2.24) is 20.2 Å². The van der Waals surface area contributed by atoms with Crippen molar-refractivity contribution in [2.24, 2.45) is 0 Å². The number of unbranched alkanes of at least 4 members (excludes halogenated alkanes) is 3. The van der Waals surface area contributed by atoms with E-state index in [4.69, 9.17) is 28.9 Å². The average molecular weight is 829 g/mol. The normalized spacial score (nSPS) is 15.4. The van der Waals surface area contributed by atoms with Crippen LogP contribution in [0.1, 0.15) is 128 Å². The molecule has 1 N–H and O–H groups in total. The predicted octanol–water partition coefficient (Wildman–Crippen LogP) is 7.13. The number of ketones is 2. The molecule has 13 nitrogen and oxygen atoms in total. The number of carbonyl (C=O) groups is 3. The fourth-order valence-electron chi connectivity index (χ4n) is 7.73. The molecule has 1 atom stereocenters. The summed E-state index contributed by atoms with van der Waals surface area (Å²) >= 11 is 0. The number of nitrogens with one attached hydrogen (secondary N) is 1. The number of ether oxygens (including phenoxy) is 4. The van der Waals surface area contributed by atoms with Gasteiger partial charge in [0.15, 0.2) is 11.6 Å². The number of hydrogen-bond acceptors (Lipinski definition) is 12. The van der Waals surface area contributed by atoms with E-state index in [1.54, 1.807) is 18.2 Å². The summed E-state index contributed by atoms with van der Waals surface area (Å²) in [4.78, 5) is 54.6. The van der Waals surface area contributed by atoms with Gasteiger partial charge in [-0.05, 0) is 83.7 Å². The van der Waals surface area contributed by atoms with Crippen molar-refractivity contribution in [2.75, 3.05) is 95.3 Å². The molecular weight excluding hydrogens is 761 g/mol. The van der Waals surface area contributed by atoms with Crippen LogP contribution in [-0.2, 0) is 20.6 Å². The van der Waals surface area contributed by atoms with Gasteiger partial charge in [0.2, 0.25) is 0 Å². The van der Waals surface area contributed by atoms with Gasteiger partial charge in [-0.2, -0.15) is 0 Å². The van der Waals surface area contributed by atoms with Crippen molar-refractivity contribution in [3.8, 4) is 5.75 Å². The number of likely N-dealkylation sites (tertiary alicyclic amines) is 1. The molecule has 13 heteroatoms. The first-order chi connectivity index (χ1) is 29.2. The molecule has 1 aromatic heterocycles. The average Bonchev–Trinajstić information content (AvgIpc) is 3.26.